The summed E-state index contributed by atoms with van der Waals surface area (Å²) in [5, 5.41) is 0. The van der Waals surface area contributed by atoms with Crippen molar-refractivity contribution < 1.29 is 9.53 Å². The third-order valence-corrected chi connectivity index (χ3v) is 2.66. The highest BCUT2D eigenvalue weighted by Crippen LogP contribution is 2.31. The molecule has 1 amide bonds. The second-order valence-corrected chi connectivity index (χ2v) is 4.27. The van der Waals surface area contributed by atoms with E-state index in [4.69, 9.17) is 4.74 Å². The molecule has 0 spiro atoms. The number of ether oxygens (including phenoxy) is 1. The molecule has 0 N–H and O–H groups in total. The van der Waals surface area contributed by atoms with Gasteiger partial charge >= 0.3 is 0 Å². The molecule has 2 fully saturated rings. The van der Waals surface area contributed by atoms with Crippen LogP contribution in [0, 0.1) is 5.92 Å². The van der Waals surface area contributed by atoms with Crippen LogP contribution in [0.4, 0.5) is 0 Å². The van der Waals surface area contributed by atoms with E-state index in [1.54, 1.807) is 0 Å². The fourth-order valence-corrected chi connectivity index (χ4v) is 1.95. The van der Waals surface area contributed by atoms with E-state index >= 15 is 0 Å². The van der Waals surface area contributed by atoms with E-state index < -0.39 is 0 Å². The fourth-order valence-electron chi connectivity index (χ4n) is 1.95. The van der Waals surface area contributed by atoms with Crippen LogP contribution in [0.1, 0.15) is 26.7 Å². The van der Waals surface area contributed by atoms with Crippen LogP contribution in [0.15, 0.2) is 0 Å². The van der Waals surface area contributed by atoms with Gasteiger partial charge in [-0.2, -0.15) is 0 Å². The number of hydrogen-bond acceptors (Lipinski definition) is 2. The maximum atomic E-state index is 11.7. The number of rotatable bonds is 1. The van der Waals surface area contributed by atoms with E-state index in [1.807, 2.05) is 18.7 Å². The molecule has 74 valence electrons. The smallest absolute Gasteiger partial charge is 0.225 e. The summed E-state index contributed by atoms with van der Waals surface area (Å²) >= 11 is 0. The summed E-state index contributed by atoms with van der Waals surface area (Å²) < 4.78 is 5.57. The van der Waals surface area contributed by atoms with Crippen LogP contribution in [0.25, 0.3) is 0 Å². The Morgan fingerprint density at radius 3 is 2.23 bits per heavy atom. The van der Waals surface area contributed by atoms with Gasteiger partial charge in [0.05, 0.1) is 12.2 Å². The van der Waals surface area contributed by atoms with Crippen molar-refractivity contribution in [1.29, 1.82) is 0 Å². The Morgan fingerprint density at radius 2 is 1.77 bits per heavy atom. The number of carbonyl (C=O) groups excluding carboxylic acids is 1. The Bertz CT molecular complexity index is 203. The van der Waals surface area contributed by atoms with Crippen LogP contribution in [-0.4, -0.2) is 36.1 Å². The predicted molar refractivity (Wildman–Crippen MR) is 49.3 cm³/mol. The predicted octanol–water partition coefficient (Wildman–Crippen LogP) is 1.03. The van der Waals surface area contributed by atoms with Gasteiger partial charge in [0, 0.05) is 19.0 Å². The summed E-state index contributed by atoms with van der Waals surface area (Å²) in [5.41, 5.74) is 0. The van der Waals surface area contributed by atoms with Gasteiger partial charge < -0.3 is 9.64 Å². The SMILES string of the molecule is C[C@H]1CN(C(=O)C2CC2)C[C@H](C)O1. The van der Waals surface area contributed by atoms with Crippen molar-refractivity contribution in [2.75, 3.05) is 13.1 Å². The van der Waals surface area contributed by atoms with E-state index in [-0.39, 0.29) is 12.2 Å². The molecule has 2 rings (SSSR count). The average molecular weight is 183 g/mol. The highest BCUT2D eigenvalue weighted by Gasteiger charge is 2.36. The van der Waals surface area contributed by atoms with Gasteiger partial charge in [-0.25, -0.2) is 0 Å². The monoisotopic (exact) mass is 183 g/mol. The first-order valence-corrected chi connectivity index (χ1v) is 5.11. The normalized spacial score (nSPS) is 34.8. The van der Waals surface area contributed by atoms with Crippen molar-refractivity contribution in [3.63, 3.8) is 0 Å². The highest BCUT2D eigenvalue weighted by atomic mass is 16.5. The van der Waals surface area contributed by atoms with Gasteiger partial charge in [-0.05, 0) is 26.7 Å². The quantitative estimate of drug-likeness (QED) is 0.607. The van der Waals surface area contributed by atoms with E-state index in [0.29, 0.717) is 11.8 Å². The number of amides is 1. The van der Waals surface area contributed by atoms with Crippen LogP contribution >= 0.6 is 0 Å². The van der Waals surface area contributed by atoms with Crippen molar-refractivity contribution in [2.45, 2.75) is 38.9 Å². The topological polar surface area (TPSA) is 29.5 Å². The lowest BCUT2D eigenvalue weighted by molar-refractivity contribution is -0.144. The minimum absolute atomic E-state index is 0.200. The highest BCUT2D eigenvalue weighted by molar-refractivity contribution is 5.81. The molecule has 0 aromatic carbocycles. The second-order valence-electron chi connectivity index (χ2n) is 4.27. The average Bonchev–Trinajstić information content (AvgIpc) is 2.83. The number of morpholine rings is 1. The molecule has 0 aromatic heterocycles. The maximum absolute atomic E-state index is 11.7. The molecule has 2 atom stereocenters. The third-order valence-electron chi connectivity index (χ3n) is 2.66. The Morgan fingerprint density at radius 1 is 1.23 bits per heavy atom. The summed E-state index contributed by atoms with van der Waals surface area (Å²) in [5.74, 6) is 0.694. The summed E-state index contributed by atoms with van der Waals surface area (Å²) in [6.45, 7) is 5.62. The minimum Gasteiger partial charge on any atom is -0.372 e. The van der Waals surface area contributed by atoms with Gasteiger partial charge in [-0.15, -0.1) is 0 Å². The van der Waals surface area contributed by atoms with Crippen molar-refractivity contribution in [3.8, 4) is 0 Å². The molecular formula is C10H17NO2. The zero-order valence-electron chi connectivity index (χ0n) is 8.32. The van der Waals surface area contributed by atoms with Gasteiger partial charge in [0.25, 0.3) is 0 Å². The zero-order valence-corrected chi connectivity index (χ0v) is 8.32. The van der Waals surface area contributed by atoms with Gasteiger partial charge in [0.1, 0.15) is 0 Å². The molecule has 1 saturated heterocycles. The first-order valence-electron chi connectivity index (χ1n) is 5.11. The van der Waals surface area contributed by atoms with E-state index in [9.17, 15) is 4.79 Å². The van der Waals surface area contributed by atoms with Crippen molar-refractivity contribution in [1.82, 2.24) is 4.90 Å². The first kappa shape index (κ1) is 9.00. The van der Waals surface area contributed by atoms with E-state index in [2.05, 4.69) is 0 Å². The first-order chi connectivity index (χ1) is 6.16. The largest absolute Gasteiger partial charge is 0.372 e. The van der Waals surface area contributed by atoms with Crippen LogP contribution in [-0.2, 0) is 9.53 Å². The molecular weight excluding hydrogens is 166 g/mol. The molecule has 1 saturated carbocycles. The molecule has 0 unspecified atom stereocenters. The van der Waals surface area contributed by atoms with Crippen LogP contribution in [0.5, 0.6) is 0 Å². The molecule has 3 heteroatoms. The molecule has 0 bridgehead atoms. The Balaban J connectivity index is 1.93. The summed E-state index contributed by atoms with van der Waals surface area (Å²) in [7, 11) is 0. The molecule has 3 nitrogen and oxygen atoms in total. The van der Waals surface area contributed by atoms with Crippen LogP contribution in [0.3, 0.4) is 0 Å². The zero-order chi connectivity index (χ0) is 9.42. The summed E-state index contributed by atoms with van der Waals surface area (Å²) in [4.78, 5) is 13.7. The second kappa shape index (κ2) is 3.29. The van der Waals surface area contributed by atoms with Crippen molar-refractivity contribution in [2.24, 2.45) is 5.92 Å². The van der Waals surface area contributed by atoms with Crippen LogP contribution < -0.4 is 0 Å². The molecule has 13 heavy (non-hydrogen) atoms. The number of carbonyl (C=O) groups is 1. The molecule has 1 heterocycles. The molecule has 1 aliphatic carbocycles. The van der Waals surface area contributed by atoms with Crippen LogP contribution in [0.2, 0.25) is 0 Å². The summed E-state index contributed by atoms with van der Waals surface area (Å²) in [6.07, 6.45) is 2.59. The lowest BCUT2D eigenvalue weighted by Gasteiger charge is -2.35. The lowest BCUT2D eigenvalue weighted by atomic mass is 10.2. The maximum Gasteiger partial charge on any atom is 0.225 e. The van der Waals surface area contributed by atoms with Gasteiger partial charge in [0.2, 0.25) is 5.91 Å². The Kier molecular flexibility index (Phi) is 2.28. The van der Waals surface area contributed by atoms with Gasteiger partial charge in [0.15, 0.2) is 0 Å². The number of hydrogen-bond donors (Lipinski definition) is 0. The summed E-state index contributed by atoms with van der Waals surface area (Å²) in [6, 6.07) is 0. The number of nitrogens with zero attached hydrogens (tertiary/aromatic N) is 1. The standard InChI is InChI=1S/C10H17NO2/c1-7-5-11(6-8(2)13-7)10(12)9-3-4-9/h7-9H,3-6H2,1-2H3/t7-,8-/m0/s1. The van der Waals surface area contributed by atoms with Gasteiger partial charge in [-0.3, -0.25) is 4.79 Å². The van der Waals surface area contributed by atoms with E-state index in [1.165, 1.54) is 0 Å². The van der Waals surface area contributed by atoms with E-state index in [0.717, 1.165) is 25.9 Å². The third kappa shape index (κ3) is 2.02. The fraction of sp³-hybridized carbons (Fsp3) is 0.900. The Labute approximate surface area is 79.0 Å². The minimum atomic E-state index is 0.200. The van der Waals surface area contributed by atoms with Crippen molar-refractivity contribution >= 4 is 5.91 Å². The molecule has 0 aromatic rings. The molecule has 1 aliphatic heterocycles. The van der Waals surface area contributed by atoms with Gasteiger partial charge in [-0.1, -0.05) is 0 Å². The molecule has 0 radical (unpaired) electrons. The molecule has 2 aliphatic rings. The Hall–Kier alpha value is -0.570. The van der Waals surface area contributed by atoms with Crippen molar-refractivity contribution in [3.05, 3.63) is 0 Å². The lowest BCUT2D eigenvalue weighted by Crippen LogP contribution is -2.48.